The molecule has 0 heterocycles. The van der Waals surface area contributed by atoms with E-state index in [4.69, 9.17) is 14.6 Å². The number of carbonyl (C=O) groups excluding carboxylic acids is 1. The van der Waals surface area contributed by atoms with Crippen LogP contribution in [0.5, 0.6) is 11.5 Å². The molecule has 0 atom stereocenters. The number of aliphatic carboxylic acids is 1. The van der Waals surface area contributed by atoms with Gasteiger partial charge in [0.1, 0.15) is 0 Å². The van der Waals surface area contributed by atoms with Crippen molar-refractivity contribution in [2.24, 2.45) is 0 Å². The normalized spacial score (nSPS) is 11.6. The molecule has 0 aromatic heterocycles. The minimum atomic E-state index is -4.51. The average Bonchev–Trinajstić information content (AvgIpc) is 2.50. The summed E-state index contributed by atoms with van der Waals surface area (Å²) in [5.41, 5.74) is -0.598. The molecule has 0 aliphatic heterocycles. The summed E-state index contributed by atoms with van der Waals surface area (Å²) in [6, 6.07) is 3.36. The highest BCUT2D eigenvalue weighted by molar-refractivity contribution is 5.90. The summed E-state index contributed by atoms with van der Waals surface area (Å²) in [7, 11) is 1.28. The van der Waals surface area contributed by atoms with Crippen LogP contribution in [0.15, 0.2) is 18.2 Å². The van der Waals surface area contributed by atoms with Gasteiger partial charge in [0.25, 0.3) is 0 Å². The summed E-state index contributed by atoms with van der Waals surface area (Å²) in [5.74, 6) is -1.07. The molecule has 7 nitrogen and oxygen atoms in total. The SMILES string of the molecule is COc1ccc(NC(=O)NC(C)(C)CCC(=O)O)cc1OCC(F)(F)F. The Labute approximate surface area is 148 Å². The van der Waals surface area contributed by atoms with E-state index in [0.29, 0.717) is 0 Å². The summed E-state index contributed by atoms with van der Waals surface area (Å²) >= 11 is 0. The summed E-state index contributed by atoms with van der Waals surface area (Å²) in [6.07, 6.45) is -4.43. The van der Waals surface area contributed by atoms with Crippen molar-refractivity contribution in [2.45, 2.75) is 38.4 Å². The second kappa shape index (κ2) is 8.63. The molecular formula is C16H21F3N2O5. The zero-order chi connectivity index (χ0) is 20.0. The molecule has 1 rings (SSSR count). The van der Waals surface area contributed by atoms with Crippen molar-refractivity contribution in [3.63, 3.8) is 0 Å². The molecule has 0 aliphatic rings. The highest BCUT2D eigenvalue weighted by Crippen LogP contribution is 2.31. The first-order valence-corrected chi connectivity index (χ1v) is 7.60. The molecule has 1 aromatic carbocycles. The summed E-state index contributed by atoms with van der Waals surface area (Å²) in [6.45, 7) is 1.81. The van der Waals surface area contributed by atoms with Crippen LogP contribution in [-0.2, 0) is 4.79 Å². The van der Waals surface area contributed by atoms with Crippen molar-refractivity contribution in [1.29, 1.82) is 0 Å². The molecular weight excluding hydrogens is 357 g/mol. The maximum atomic E-state index is 12.3. The lowest BCUT2D eigenvalue weighted by Gasteiger charge is -2.25. The van der Waals surface area contributed by atoms with E-state index in [0.717, 1.165) is 0 Å². The Morgan fingerprint density at radius 2 is 1.85 bits per heavy atom. The maximum Gasteiger partial charge on any atom is 0.422 e. The highest BCUT2D eigenvalue weighted by Gasteiger charge is 2.29. The third-order valence-electron chi connectivity index (χ3n) is 3.23. The molecule has 10 heteroatoms. The molecule has 146 valence electrons. The van der Waals surface area contributed by atoms with Gasteiger partial charge in [-0.25, -0.2) is 4.79 Å². The second-order valence-corrected chi connectivity index (χ2v) is 6.13. The van der Waals surface area contributed by atoms with Crippen LogP contribution < -0.4 is 20.1 Å². The van der Waals surface area contributed by atoms with Crippen LogP contribution in [0.2, 0.25) is 0 Å². The van der Waals surface area contributed by atoms with Gasteiger partial charge in [-0.05, 0) is 32.4 Å². The average molecular weight is 378 g/mol. The van der Waals surface area contributed by atoms with Crippen LogP contribution in [0.25, 0.3) is 0 Å². The summed E-state index contributed by atoms with van der Waals surface area (Å²) < 4.78 is 46.6. The van der Waals surface area contributed by atoms with Crippen molar-refractivity contribution in [3.05, 3.63) is 18.2 Å². The Balaban J connectivity index is 2.76. The van der Waals surface area contributed by atoms with Crippen molar-refractivity contribution in [1.82, 2.24) is 5.32 Å². The van der Waals surface area contributed by atoms with E-state index in [1.165, 1.54) is 25.3 Å². The molecule has 0 fully saturated rings. The number of methoxy groups -OCH3 is 1. The highest BCUT2D eigenvalue weighted by atomic mass is 19.4. The van der Waals surface area contributed by atoms with Gasteiger partial charge in [-0.15, -0.1) is 0 Å². The smallest absolute Gasteiger partial charge is 0.422 e. The van der Waals surface area contributed by atoms with Gasteiger partial charge in [-0.3, -0.25) is 4.79 Å². The minimum Gasteiger partial charge on any atom is -0.493 e. The lowest BCUT2D eigenvalue weighted by molar-refractivity contribution is -0.153. The maximum absolute atomic E-state index is 12.3. The first-order chi connectivity index (χ1) is 11.9. The van der Waals surface area contributed by atoms with Crippen LogP contribution in [0.4, 0.5) is 23.7 Å². The van der Waals surface area contributed by atoms with E-state index in [9.17, 15) is 22.8 Å². The lowest BCUT2D eigenvalue weighted by atomic mass is 9.99. The van der Waals surface area contributed by atoms with E-state index in [-0.39, 0.29) is 30.0 Å². The fourth-order valence-electron chi connectivity index (χ4n) is 1.98. The van der Waals surface area contributed by atoms with Gasteiger partial charge in [0.15, 0.2) is 18.1 Å². The van der Waals surface area contributed by atoms with Crippen LogP contribution in [0.1, 0.15) is 26.7 Å². The Kier molecular flexibility index (Phi) is 7.10. The van der Waals surface area contributed by atoms with Gasteiger partial charge in [-0.1, -0.05) is 0 Å². The second-order valence-electron chi connectivity index (χ2n) is 6.13. The monoisotopic (exact) mass is 378 g/mol. The minimum absolute atomic E-state index is 0.0852. The van der Waals surface area contributed by atoms with Gasteiger partial charge in [-0.2, -0.15) is 13.2 Å². The fourth-order valence-corrected chi connectivity index (χ4v) is 1.98. The summed E-state index contributed by atoms with van der Waals surface area (Å²) in [5, 5.41) is 13.8. The number of urea groups is 1. The number of amides is 2. The number of benzene rings is 1. The van der Waals surface area contributed by atoms with E-state index in [1.54, 1.807) is 13.8 Å². The zero-order valence-electron chi connectivity index (χ0n) is 14.6. The molecule has 2 amide bonds. The molecule has 26 heavy (non-hydrogen) atoms. The van der Waals surface area contributed by atoms with Gasteiger partial charge in [0, 0.05) is 23.7 Å². The first-order valence-electron chi connectivity index (χ1n) is 7.60. The number of carboxylic acid groups (broad SMARTS) is 1. The molecule has 0 radical (unpaired) electrons. The number of carboxylic acids is 1. The first kappa shape index (κ1) is 21.4. The molecule has 0 saturated carbocycles. The standard InChI is InChI=1S/C16H21F3N2O5/c1-15(2,7-6-13(22)23)21-14(24)20-10-4-5-11(25-3)12(8-10)26-9-16(17,18)19/h4-5,8H,6-7,9H2,1-3H3,(H,22,23)(H2,20,21,24). The van der Waals surface area contributed by atoms with Crippen LogP contribution in [0.3, 0.4) is 0 Å². The zero-order valence-corrected chi connectivity index (χ0v) is 14.6. The summed E-state index contributed by atoms with van der Waals surface area (Å²) in [4.78, 5) is 22.7. The number of halogens is 3. The van der Waals surface area contributed by atoms with Gasteiger partial charge in [0.05, 0.1) is 7.11 Å². The molecule has 0 unspecified atom stereocenters. The molecule has 1 aromatic rings. The third-order valence-corrected chi connectivity index (χ3v) is 3.23. The van der Waals surface area contributed by atoms with Crippen molar-refractivity contribution in [2.75, 3.05) is 19.0 Å². The lowest BCUT2D eigenvalue weighted by Crippen LogP contribution is -2.45. The molecule has 0 aliphatic carbocycles. The number of carbonyl (C=O) groups is 2. The van der Waals surface area contributed by atoms with Crippen LogP contribution in [0, 0.1) is 0 Å². The van der Waals surface area contributed by atoms with Crippen molar-refractivity contribution in [3.8, 4) is 11.5 Å². The van der Waals surface area contributed by atoms with Crippen LogP contribution in [-0.4, -0.2) is 42.5 Å². The molecule has 0 saturated heterocycles. The number of hydrogen-bond donors (Lipinski definition) is 3. The predicted octanol–water partition coefficient (Wildman–Crippen LogP) is 3.40. The Morgan fingerprint density at radius 3 is 2.38 bits per heavy atom. The van der Waals surface area contributed by atoms with Crippen molar-refractivity contribution >= 4 is 17.7 Å². The van der Waals surface area contributed by atoms with Gasteiger partial charge < -0.3 is 25.2 Å². The van der Waals surface area contributed by atoms with E-state index in [2.05, 4.69) is 10.6 Å². The number of nitrogens with one attached hydrogen (secondary N) is 2. The third kappa shape index (κ3) is 7.95. The Hall–Kier alpha value is -2.65. The molecule has 0 bridgehead atoms. The number of alkyl halides is 3. The van der Waals surface area contributed by atoms with E-state index >= 15 is 0 Å². The number of hydrogen-bond acceptors (Lipinski definition) is 4. The van der Waals surface area contributed by atoms with Crippen LogP contribution >= 0.6 is 0 Å². The predicted molar refractivity (Wildman–Crippen MR) is 87.6 cm³/mol. The quantitative estimate of drug-likeness (QED) is 0.644. The largest absolute Gasteiger partial charge is 0.493 e. The fraction of sp³-hybridized carbons (Fsp3) is 0.500. The van der Waals surface area contributed by atoms with Gasteiger partial charge >= 0.3 is 18.2 Å². The van der Waals surface area contributed by atoms with E-state index in [1.807, 2.05) is 0 Å². The number of rotatable bonds is 8. The molecule has 0 spiro atoms. The number of ether oxygens (including phenoxy) is 2. The van der Waals surface area contributed by atoms with Crippen molar-refractivity contribution < 1.29 is 37.3 Å². The topological polar surface area (TPSA) is 96.9 Å². The molecule has 3 N–H and O–H groups in total. The Bertz CT molecular complexity index is 647. The van der Waals surface area contributed by atoms with E-state index < -0.39 is 30.3 Å². The van der Waals surface area contributed by atoms with Gasteiger partial charge in [0.2, 0.25) is 0 Å². The Morgan fingerprint density at radius 1 is 1.19 bits per heavy atom. The number of anilines is 1.